The first kappa shape index (κ1) is 12.6. The summed E-state index contributed by atoms with van der Waals surface area (Å²) in [6, 6.07) is 7.56. The van der Waals surface area contributed by atoms with E-state index in [1.54, 1.807) is 0 Å². The standard InChI is InChI=1S/C14H18N2O2/c1-9(2)10-4-6-11(7-5-10)15-12-8-13(17)16(3)14(12)18/h4-7,9,12,15H,8H2,1-3H3. The lowest BCUT2D eigenvalue weighted by Gasteiger charge is -2.13. The van der Waals surface area contributed by atoms with Crippen molar-refractivity contribution < 1.29 is 9.59 Å². The zero-order chi connectivity index (χ0) is 13.3. The van der Waals surface area contributed by atoms with Crippen molar-refractivity contribution in [3.63, 3.8) is 0 Å². The summed E-state index contributed by atoms with van der Waals surface area (Å²) >= 11 is 0. The van der Waals surface area contributed by atoms with E-state index in [9.17, 15) is 9.59 Å². The molecular weight excluding hydrogens is 228 g/mol. The van der Waals surface area contributed by atoms with Crippen molar-refractivity contribution in [2.75, 3.05) is 12.4 Å². The number of carbonyl (C=O) groups is 2. The molecule has 18 heavy (non-hydrogen) atoms. The molecule has 1 heterocycles. The van der Waals surface area contributed by atoms with Crippen LogP contribution in [0, 0.1) is 0 Å². The second-order valence-corrected chi connectivity index (χ2v) is 4.97. The second-order valence-electron chi connectivity index (χ2n) is 4.97. The summed E-state index contributed by atoms with van der Waals surface area (Å²) < 4.78 is 0. The molecule has 0 spiro atoms. The molecule has 1 fully saturated rings. The molecule has 4 heteroatoms. The molecule has 0 aromatic heterocycles. The number of nitrogens with zero attached hydrogens (tertiary/aromatic N) is 1. The van der Waals surface area contributed by atoms with E-state index in [-0.39, 0.29) is 18.2 Å². The Morgan fingerprint density at radius 1 is 1.22 bits per heavy atom. The number of imide groups is 1. The molecule has 1 aliphatic rings. The van der Waals surface area contributed by atoms with Gasteiger partial charge < -0.3 is 5.32 Å². The maximum Gasteiger partial charge on any atom is 0.251 e. The minimum atomic E-state index is -0.424. The first-order chi connectivity index (χ1) is 8.49. The van der Waals surface area contributed by atoms with Crippen LogP contribution in [0.15, 0.2) is 24.3 Å². The molecule has 0 saturated carbocycles. The molecule has 0 radical (unpaired) electrons. The van der Waals surface area contributed by atoms with Crippen molar-refractivity contribution in [2.45, 2.75) is 32.2 Å². The van der Waals surface area contributed by atoms with Gasteiger partial charge in [0.1, 0.15) is 6.04 Å². The van der Waals surface area contributed by atoms with E-state index in [0.29, 0.717) is 5.92 Å². The summed E-state index contributed by atoms with van der Waals surface area (Å²) in [5.41, 5.74) is 2.13. The number of anilines is 1. The normalized spacial score (nSPS) is 19.8. The van der Waals surface area contributed by atoms with Crippen molar-refractivity contribution in [3.05, 3.63) is 29.8 Å². The van der Waals surface area contributed by atoms with Crippen LogP contribution in [0.2, 0.25) is 0 Å². The average molecular weight is 246 g/mol. The Balaban J connectivity index is 2.06. The van der Waals surface area contributed by atoms with E-state index >= 15 is 0 Å². The summed E-state index contributed by atoms with van der Waals surface area (Å²) in [6.07, 6.45) is 0.237. The molecule has 1 N–H and O–H groups in total. The highest BCUT2D eigenvalue weighted by atomic mass is 16.2. The fraction of sp³-hybridized carbons (Fsp3) is 0.429. The zero-order valence-electron chi connectivity index (χ0n) is 10.9. The zero-order valence-corrected chi connectivity index (χ0v) is 10.9. The number of rotatable bonds is 3. The SMILES string of the molecule is CC(C)c1ccc(NC2CC(=O)N(C)C2=O)cc1. The Labute approximate surface area is 107 Å². The maximum atomic E-state index is 11.7. The van der Waals surface area contributed by atoms with E-state index in [2.05, 4.69) is 19.2 Å². The Kier molecular flexibility index (Phi) is 3.36. The highest BCUT2D eigenvalue weighted by Gasteiger charge is 2.35. The number of carbonyl (C=O) groups excluding carboxylic acids is 2. The van der Waals surface area contributed by atoms with Crippen molar-refractivity contribution in [1.82, 2.24) is 4.90 Å². The number of hydrogen-bond donors (Lipinski definition) is 1. The van der Waals surface area contributed by atoms with Crippen LogP contribution in [0.5, 0.6) is 0 Å². The molecule has 1 aromatic rings. The first-order valence-electron chi connectivity index (χ1n) is 6.16. The van der Waals surface area contributed by atoms with Crippen molar-refractivity contribution in [3.8, 4) is 0 Å². The largest absolute Gasteiger partial charge is 0.373 e. The van der Waals surface area contributed by atoms with Crippen LogP contribution >= 0.6 is 0 Å². The van der Waals surface area contributed by atoms with E-state index in [1.165, 1.54) is 17.5 Å². The lowest BCUT2D eigenvalue weighted by atomic mass is 10.0. The van der Waals surface area contributed by atoms with Gasteiger partial charge in [0.05, 0.1) is 6.42 Å². The van der Waals surface area contributed by atoms with Gasteiger partial charge in [0.15, 0.2) is 0 Å². The van der Waals surface area contributed by atoms with Crippen LogP contribution in [0.25, 0.3) is 0 Å². The minimum Gasteiger partial charge on any atom is -0.373 e. The van der Waals surface area contributed by atoms with Gasteiger partial charge in [-0.3, -0.25) is 14.5 Å². The molecule has 2 amide bonds. The minimum absolute atomic E-state index is 0.128. The third-order valence-corrected chi connectivity index (χ3v) is 3.30. The molecule has 4 nitrogen and oxygen atoms in total. The smallest absolute Gasteiger partial charge is 0.251 e. The highest BCUT2D eigenvalue weighted by molar-refractivity contribution is 6.06. The van der Waals surface area contributed by atoms with Crippen LogP contribution in [0.3, 0.4) is 0 Å². The second kappa shape index (κ2) is 4.80. The summed E-state index contributed by atoms with van der Waals surface area (Å²) in [4.78, 5) is 24.3. The molecule has 96 valence electrons. The first-order valence-corrected chi connectivity index (χ1v) is 6.16. The van der Waals surface area contributed by atoms with Crippen molar-refractivity contribution in [2.24, 2.45) is 0 Å². The lowest BCUT2D eigenvalue weighted by Crippen LogP contribution is -2.31. The number of nitrogens with one attached hydrogen (secondary N) is 1. The molecule has 1 unspecified atom stereocenters. The Bertz CT molecular complexity index is 465. The fourth-order valence-corrected chi connectivity index (χ4v) is 2.03. The van der Waals surface area contributed by atoms with Gasteiger partial charge in [-0.15, -0.1) is 0 Å². The summed E-state index contributed by atoms with van der Waals surface area (Å²) in [7, 11) is 1.52. The van der Waals surface area contributed by atoms with Crippen molar-refractivity contribution in [1.29, 1.82) is 0 Å². The number of amides is 2. The van der Waals surface area contributed by atoms with Gasteiger partial charge in [0.25, 0.3) is 5.91 Å². The third-order valence-electron chi connectivity index (χ3n) is 3.30. The van der Waals surface area contributed by atoms with Crippen LogP contribution in [-0.4, -0.2) is 29.8 Å². The van der Waals surface area contributed by atoms with E-state index < -0.39 is 6.04 Å². The molecule has 1 saturated heterocycles. The Morgan fingerprint density at radius 2 is 1.83 bits per heavy atom. The molecule has 0 aliphatic carbocycles. The number of hydrogen-bond acceptors (Lipinski definition) is 3. The van der Waals surface area contributed by atoms with Gasteiger partial charge in [-0.2, -0.15) is 0 Å². The fourth-order valence-electron chi connectivity index (χ4n) is 2.03. The third kappa shape index (κ3) is 2.37. The summed E-state index contributed by atoms with van der Waals surface area (Å²) in [6.45, 7) is 4.27. The molecule has 0 bridgehead atoms. The predicted octanol–water partition coefficient (Wildman–Crippen LogP) is 1.98. The number of likely N-dealkylation sites (N-methyl/N-ethyl adjacent to an activating group) is 1. The lowest BCUT2D eigenvalue weighted by molar-refractivity contribution is -0.136. The van der Waals surface area contributed by atoms with E-state index in [0.717, 1.165) is 5.69 Å². The molecular formula is C14H18N2O2. The number of likely N-dealkylation sites (tertiary alicyclic amines) is 1. The van der Waals surface area contributed by atoms with Gasteiger partial charge in [-0.05, 0) is 23.6 Å². The summed E-state index contributed by atoms with van der Waals surface area (Å²) in [5.74, 6) is 0.198. The predicted molar refractivity (Wildman–Crippen MR) is 70.3 cm³/mol. The van der Waals surface area contributed by atoms with Crippen LogP contribution in [0.4, 0.5) is 5.69 Å². The molecule has 1 atom stereocenters. The van der Waals surface area contributed by atoms with Gasteiger partial charge in [-0.25, -0.2) is 0 Å². The number of benzene rings is 1. The van der Waals surface area contributed by atoms with E-state index in [1.807, 2.05) is 24.3 Å². The van der Waals surface area contributed by atoms with Gasteiger partial charge in [0.2, 0.25) is 5.91 Å². The average Bonchev–Trinajstić information content (AvgIpc) is 2.58. The van der Waals surface area contributed by atoms with Crippen LogP contribution < -0.4 is 5.32 Å². The van der Waals surface area contributed by atoms with Gasteiger partial charge >= 0.3 is 0 Å². The van der Waals surface area contributed by atoms with Crippen LogP contribution in [0.1, 0.15) is 31.7 Å². The quantitative estimate of drug-likeness (QED) is 0.830. The van der Waals surface area contributed by atoms with Crippen LogP contribution in [-0.2, 0) is 9.59 Å². The van der Waals surface area contributed by atoms with Gasteiger partial charge in [0, 0.05) is 12.7 Å². The summed E-state index contributed by atoms with van der Waals surface area (Å²) in [5, 5.41) is 3.11. The van der Waals surface area contributed by atoms with E-state index in [4.69, 9.17) is 0 Å². The van der Waals surface area contributed by atoms with Gasteiger partial charge in [-0.1, -0.05) is 26.0 Å². The topological polar surface area (TPSA) is 49.4 Å². The highest BCUT2D eigenvalue weighted by Crippen LogP contribution is 2.20. The monoisotopic (exact) mass is 246 g/mol. The Morgan fingerprint density at radius 3 is 2.28 bits per heavy atom. The Hall–Kier alpha value is -1.84. The molecule has 2 rings (SSSR count). The molecule has 1 aromatic carbocycles. The van der Waals surface area contributed by atoms with Crippen molar-refractivity contribution >= 4 is 17.5 Å². The molecule has 1 aliphatic heterocycles. The maximum absolute atomic E-state index is 11.7.